The zero-order chi connectivity index (χ0) is 13.8. The van der Waals surface area contributed by atoms with Gasteiger partial charge in [-0.1, -0.05) is 29.8 Å². The molecule has 0 bridgehead atoms. The van der Waals surface area contributed by atoms with E-state index in [1.54, 1.807) is 30.3 Å². The number of halogens is 1. The van der Waals surface area contributed by atoms with E-state index < -0.39 is 0 Å². The number of ether oxygens (including phenoxy) is 1. The molecule has 0 aliphatic carbocycles. The Kier molecular flexibility index (Phi) is 4.07. The minimum atomic E-state index is -0.220. The van der Waals surface area contributed by atoms with Crippen LogP contribution in [0.25, 0.3) is 0 Å². The van der Waals surface area contributed by atoms with E-state index in [0.717, 1.165) is 5.56 Å². The number of benzene rings is 2. The zero-order valence-corrected chi connectivity index (χ0v) is 11.5. The van der Waals surface area contributed by atoms with E-state index in [1.165, 1.54) is 7.11 Å². The summed E-state index contributed by atoms with van der Waals surface area (Å²) in [4.78, 5) is 12.2. The second-order valence-corrected chi connectivity index (χ2v) is 4.55. The molecule has 3 nitrogen and oxygen atoms in total. The van der Waals surface area contributed by atoms with Crippen LogP contribution in [0.4, 0.5) is 5.69 Å². The molecule has 0 radical (unpaired) electrons. The summed E-state index contributed by atoms with van der Waals surface area (Å²) in [7, 11) is 1.54. The highest BCUT2D eigenvalue weighted by Crippen LogP contribution is 2.23. The number of nitrogens with one attached hydrogen (secondary N) is 1. The van der Waals surface area contributed by atoms with Gasteiger partial charge in [0.15, 0.2) is 0 Å². The monoisotopic (exact) mass is 275 g/mol. The SMILES string of the molecule is COc1ccccc1C(=O)Nc1cc(Cl)ccc1C. The molecular formula is C15H14ClNO2. The Morgan fingerprint density at radius 2 is 1.95 bits per heavy atom. The number of carbonyl (C=O) groups excluding carboxylic acids is 1. The topological polar surface area (TPSA) is 38.3 Å². The summed E-state index contributed by atoms with van der Waals surface area (Å²) in [5.41, 5.74) is 2.14. The molecule has 0 aliphatic rings. The second kappa shape index (κ2) is 5.76. The first-order valence-electron chi connectivity index (χ1n) is 5.82. The van der Waals surface area contributed by atoms with Crippen LogP contribution in [-0.4, -0.2) is 13.0 Å². The van der Waals surface area contributed by atoms with Crippen LogP contribution in [-0.2, 0) is 0 Å². The van der Waals surface area contributed by atoms with Gasteiger partial charge >= 0.3 is 0 Å². The lowest BCUT2D eigenvalue weighted by atomic mass is 10.1. The fourth-order valence-corrected chi connectivity index (χ4v) is 1.92. The van der Waals surface area contributed by atoms with E-state index in [2.05, 4.69) is 5.32 Å². The van der Waals surface area contributed by atoms with Crippen molar-refractivity contribution in [3.8, 4) is 5.75 Å². The predicted octanol–water partition coefficient (Wildman–Crippen LogP) is 3.91. The summed E-state index contributed by atoms with van der Waals surface area (Å²) >= 11 is 5.93. The first-order valence-corrected chi connectivity index (χ1v) is 6.20. The van der Waals surface area contributed by atoms with Crippen molar-refractivity contribution in [2.45, 2.75) is 6.92 Å². The fourth-order valence-electron chi connectivity index (χ4n) is 1.75. The number of hydrogen-bond donors (Lipinski definition) is 1. The van der Waals surface area contributed by atoms with Gasteiger partial charge in [-0.3, -0.25) is 4.79 Å². The van der Waals surface area contributed by atoms with E-state index >= 15 is 0 Å². The van der Waals surface area contributed by atoms with Gasteiger partial charge in [-0.15, -0.1) is 0 Å². The third kappa shape index (κ3) is 3.06. The highest BCUT2D eigenvalue weighted by molar-refractivity contribution is 6.31. The average molecular weight is 276 g/mol. The number of para-hydroxylation sites is 1. The molecule has 0 aliphatic heterocycles. The lowest BCUT2D eigenvalue weighted by Gasteiger charge is -2.11. The van der Waals surface area contributed by atoms with Crippen LogP contribution in [0.2, 0.25) is 5.02 Å². The Hall–Kier alpha value is -2.00. The van der Waals surface area contributed by atoms with Crippen molar-refractivity contribution < 1.29 is 9.53 Å². The molecule has 2 aromatic rings. The van der Waals surface area contributed by atoms with Gasteiger partial charge < -0.3 is 10.1 Å². The van der Waals surface area contributed by atoms with Gasteiger partial charge in [-0.05, 0) is 36.8 Å². The molecule has 0 atom stereocenters. The number of rotatable bonds is 3. The molecule has 98 valence electrons. The van der Waals surface area contributed by atoms with Crippen LogP contribution in [0.3, 0.4) is 0 Å². The van der Waals surface area contributed by atoms with Gasteiger partial charge in [0, 0.05) is 10.7 Å². The molecule has 0 aromatic heterocycles. The first-order chi connectivity index (χ1) is 9.11. The van der Waals surface area contributed by atoms with Gasteiger partial charge in [0.2, 0.25) is 0 Å². The van der Waals surface area contributed by atoms with Crippen LogP contribution in [0, 0.1) is 6.92 Å². The van der Waals surface area contributed by atoms with E-state index in [0.29, 0.717) is 22.0 Å². The Morgan fingerprint density at radius 3 is 2.68 bits per heavy atom. The summed E-state index contributed by atoms with van der Waals surface area (Å²) in [5.74, 6) is 0.322. The Morgan fingerprint density at radius 1 is 1.21 bits per heavy atom. The molecule has 0 saturated carbocycles. The normalized spacial score (nSPS) is 10.1. The van der Waals surface area contributed by atoms with E-state index in [-0.39, 0.29) is 5.91 Å². The van der Waals surface area contributed by atoms with Crippen molar-refractivity contribution in [3.05, 3.63) is 58.6 Å². The summed E-state index contributed by atoms with van der Waals surface area (Å²) in [6.07, 6.45) is 0. The van der Waals surface area contributed by atoms with Crippen LogP contribution in [0.1, 0.15) is 15.9 Å². The van der Waals surface area contributed by atoms with Crippen LogP contribution in [0.5, 0.6) is 5.75 Å². The van der Waals surface area contributed by atoms with Gasteiger partial charge in [0.05, 0.1) is 12.7 Å². The predicted molar refractivity (Wildman–Crippen MR) is 77.1 cm³/mol. The van der Waals surface area contributed by atoms with Crippen molar-refractivity contribution in [1.82, 2.24) is 0 Å². The van der Waals surface area contributed by atoms with Gasteiger partial charge in [0.25, 0.3) is 5.91 Å². The Balaban J connectivity index is 2.28. The second-order valence-electron chi connectivity index (χ2n) is 4.11. The molecule has 1 N–H and O–H groups in total. The molecule has 4 heteroatoms. The molecule has 0 unspecified atom stereocenters. The minimum Gasteiger partial charge on any atom is -0.496 e. The lowest BCUT2D eigenvalue weighted by Crippen LogP contribution is -2.13. The molecule has 1 amide bonds. The smallest absolute Gasteiger partial charge is 0.259 e. The average Bonchev–Trinajstić information content (AvgIpc) is 2.42. The van der Waals surface area contributed by atoms with Crippen LogP contribution < -0.4 is 10.1 Å². The van der Waals surface area contributed by atoms with Crippen molar-refractivity contribution in [1.29, 1.82) is 0 Å². The number of aryl methyl sites for hydroxylation is 1. The third-order valence-electron chi connectivity index (χ3n) is 2.80. The van der Waals surface area contributed by atoms with E-state index in [9.17, 15) is 4.79 Å². The van der Waals surface area contributed by atoms with Crippen molar-refractivity contribution >= 4 is 23.2 Å². The zero-order valence-electron chi connectivity index (χ0n) is 10.7. The molecule has 19 heavy (non-hydrogen) atoms. The Bertz CT molecular complexity index is 611. The summed E-state index contributed by atoms with van der Waals surface area (Å²) < 4.78 is 5.17. The molecule has 0 fully saturated rings. The molecule has 0 saturated heterocycles. The highest BCUT2D eigenvalue weighted by atomic mass is 35.5. The molecule has 2 rings (SSSR count). The van der Waals surface area contributed by atoms with Crippen molar-refractivity contribution in [2.24, 2.45) is 0 Å². The number of hydrogen-bond acceptors (Lipinski definition) is 2. The maximum atomic E-state index is 12.2. The van der Waals surface area contributed by atoms with Crippen LogP contribution >= 0.6 is 11.6 Å². The lowest BCUT2D eigenvalue weighted by molar-refractivity contribution is 0.102. The Labute approximate surface area is 117 Å². The van der Waals surface area contributed by atoms with Crippen LogP contribution in [0.15, 0.2) is 42.5 Å². The maximum absolute atomic E-state index is 12.2. The van der Waals surface area contributed by atoms with E-state index in [4.69, 9.17) is 16.3 Å². The maximum Gasteiger partial charge on any atom is 0.259 e. The number of carbonyl (C=O) groups is 1. The van der Waals surface area contributed by atoms with Gasteiger partial charge in [-0.2, -0.15) is 0 Å². The third-order valence-corrected chi connectivity index (χ3v) is 3.03. The fraction of sp³-hybridized carbons (Fsp3) is 0.133. The summed E-state index contributed by atoms with van der Waals surface area (Å²) in [5, 5.41) is 3.42. The number of anilines is 1. The minimum absolute atomic E-state index is 0.220. The number of methoxy groups -OCH3 is 1. The first kappa shape index (κ1) is 13.4. The quantitative estimate of drug-likeness (QED) is 0.922. The standard InChI is InChI=1S/C15H14ClNO2/c1-10-7-8-11(16)9-13(10)17-15(18)12-5-3-4-6-14(12)19-2/h3-9H,1-2H3,(H,17,18). The highest BCUT2D eigenvalue weighted by Gasteiger charge is 2.12. The number of amides is 1. The summed E-state index contributed by atoms with van der Waals surface area (Å²) in [6.45, 7) is 1.91. The summed E-state index contributed by atoms with van der Waals surface area (Å²) in [6, 6.07) is 12.5. The van der Waals surface area contributed by atoms with Crippen molar-refractivity contribution in [2.75, 3.05) is 12.4 Å². The van der Waals surface area contributed by atoms with Gasteiger partial charge in [0.1, 0.15) is 5.75 Å². The molecule has 2 aromatic carbocycles. The molecular weight excluding hydrogens is 262 g/mol. The van der Waals surface area contributed by atoms with Crippen molar-refractivity contribution in [3.63, 3.8) is 0 Å². The van der Waals surface area contributed by atoms with E-state index in [1.807, 2.05) is 19.1 Å². The molecule has 0 spiro atoms. The van der Waals surface area contributed by atoms with Gasteiger partial charge in [-0.25, -0.2) is 0 Å². The molecule has 0 heterocycles. The largest absolute Gasteiger partial charge is 0.496 e.